The molecule has 0 radical (unpaired) electrons. The molecule has 1 aromatic heterocycles. The first kappa shape index (κ1) is 22.2. The third kappa shape index (κ3) is 4.74. The number of para-hydroxylation sites is 1. The van der Waals surface area contributed by atoms with E-state index < -0.39 is 5.91 Å². The molecular formula is C25H28N4O2S. The van der Waals surface area contributed by atoms with Gasteiger partial charge in [0.15, 0.2) is 5.78 Å². The van der Waals surface area contributed by atoms with Crippen LogP contribution in [0.1, 0.15) is 32.3 Å². The van der Waals surface area contributed by atoms with Gasteiger partial charge in [-0.1, -0.05) is 53.8 Å². The fourth-order valence-electron chi connectivity index (χ4n) is 4.31. The average molecular weight is 449 g/mol. The molecule has 32 heavy (non-hydrogen) atoms. The average Bonchev–Trinajstić information content (AvgIpc) is 3.24. The van der Waals surface area contributed by atoms with Crippen LogP contribution in [-0.2, 0) is 16.0 Å². The van der Waals surface area contributed by atoms with Crippen molar-refractivity contribution in [1.29, 1.82) is 0 Å². The maximum Gasteiger partial charge on any atom is 0.279 e. The molecule has 1 aliphatic rings. The van der Waals surface area contributed by atoms with Crippen LogP contribution in [0, 0.1) is 5.92 Å². The number of amides is 1. The van der Waals surface area contributed by atoms with Gasteiger partial charge < -0.3 is 4.90 Å². The number of carbonyl (C=O) groups is 2. The minimum absolute atomic E-state index is 0.133. The second-order valence-electron chi connectivity index (χ2n) is 8.28. The molecule has 2 aromatic carbocycles. The second kappa shape index (κ2) is 9.63. The summed E-state index contributed by atoms with van der Waals surface area (Å²) in [6.07, 6.45) is 3.11. The van der Waals surface area contributed by atoms with Crippen LogP contribution in [0.2, 0.25) is 0 Å². The van der Waals surface area contributed by atoms with Crippen LogP contribution in [0.15, 0.2) is 65.9 Å². The molecule has 3 aromatic rings. The van der Waals surface area contributed by atoms with E-state index in [9.17, 15) is 9.59 Å². The molecule has 0 bridgehead atoms. The van der Waals surface area contributed by atoms with E-state index in [1.54, 1.807) is 0 Å². The molecule has 1 saturated heterocycles. The van der Waals surface area contributed by atoms with Gasteiger partial charge in [-0.2, -0.15) is 0 Å². The van der Waals surface area contributed by atoms with Gasteiger partial charge in [0.2, 0.25) is 5.13 Å². The van der Waals surface area contributed by atoms with E-state index in [-0.39, 0.29) is 11.4 Å². The molecule has 0 aliphatic carbocycles. The van der Waals surface area contributed by atoms with E-state index in [1.807, 2.05) is 37.3 Å². The number of benzene rings is 2. The zero-order chi connectivity index (χ0) is 22.7. The van der Waals surface area contributed by atoms with Crippen LogP contribution < -0.4 is 10.9 Å². The van der Waals surface area contributed by atoms with Crippen LogP contribution in [-0.4, -0.2) is 34.7 Å². The lowest BCUT2D eigenvalue weighted by Gasteiger charge is -2.35. The number of thiazole rings is 1. The Labute approximate surface area is 192 Å². The molecule has 6 nitrogen and oxygen atoms in total. The lowest BCUT2D eigenvalue weighted by atomic mass is 9.89. The molecule has 0 atom stereocenters. The summed E-state index contributed by atoms with van der Waals surface area (Å²) in [6.45, 7) is 4.90. The maximum absolute atomic E-state index is 13.2. The Hall–Kier alpha value is -3.03. The summed E-state index contributed by atoms with van der Waals surface area (Å²) < 4.78 is 0.941. The molecule has 2 N–H and O–H groups in total. The van der Waals surface area contributed by atoms with E-state index >= 15 is 0 Å². The lowest BCUT2D eigenvalue weighted by Crippen LogP contribution is -2.42. The maximum atomic E-state index is 13.2. The van der Waals surface area contributed by atoms with Crippen molar-refractivity contribution >= 4 is 38.4 Å². The molecule has 0 spiro atoms. The third-order valence-electron chi connectivity index (χ3n) is 6.09. The number of nitrogens with zero attached hydrogens (tertiary/aromatic N) is 3. The minimum atomic E-state index is -0.513. The van der Waals surface area contributed by atoms with Gasteiger partial charge in [0, 0.05) is 18.8 Å². The second-order valence-corrected chi connectivity index (χ2v) is 9.29. The van der Waals surface area contributed by atoms with Gasteiger partial charge in [0.1, 0.15) is 5.57 Å². The van der Waals surface area contributed by atoms with E-state index in [2.05, 4.69) is 34.1 Å². The summed E-state index contributed by atoms with van der Waals surface area (Å²) >= 11 is 1.33. The van der Waals surface area contributed by atoms with Crippen molar-refractivity contribution in [3.8, 4) is 0 Å². The number of aromatic nitrogens is 1. The van der Waals surface area contributed by atoms with Crippen molar-refractivity contribution in [2.24, 2.45) is 11.8 Å². The normalized spacial score (nSPS) is 15.5. The predicted octanol–water partition coefficient (Wildman–Crippen LogP) is 4.32. The van der Waals surface area contributed by atoms with Crippen molar-refractivity contribution in [3.05, 3.63) is 71.4 Å². The Bertz CT molecular complexity index is 1110. The summed E-state index contributed by atoms with van der Waals surface area (Å²) in [5, 5.41) is 1.39. The molecule has 7 heteroatoms. The third-order valence-corrected chi connectivity index (χ3v) is 7.13. The highest BCUT2D eigenvalue weighted by Crippen LogP contribution is 2.29. The summed E-state index contributed by atoms with van der Waals surface area (Å²) in [7, 11) is 0. The first-order chi connectivity index (χ1) is 15.4. The molecule has 1 fully saturated rings. The number of piperidine rings is 1. The smallest absolute Gasteiger partial charge is 0.279 e. The van der Waals surface area contributed by atoms with Crippen LogP contribution in [0.5, 0.6) is 0 Å². The number of ketones is 1. The van der Waals surface area contributed by atoms with E-state index in [0.29, 0.717) is 16.7 Å². The number of hydrazine groups is 1. The Morgan fingerprint density at radius 2 is 1.72 bits per heavy atom. The molecule has 0 saturated carbocycles. The number of rotatable bonds is 6. The topological polar surface area (TPSA) is 79.5 Å². The van der Waals surface area contributed by atoms with Gasteiger partial charge in [-0.05, 0) is 56.7 Å². The van der Waals surface area contributed by atoms with Crippen LogP contribution in [0.4, 0.5) is 5.13 Å². The van der Waals surface area contributed by atoms with E-state index in [4.69, 9.17) is 5.84 Å². The van der Waals surface area contributed by atoms with Gasteiger partial charge in [-0.15, -0.1) is 0 Å². The molecule has 1 amide bonds. The van der Waals surface area contributed by atoms with Crippen molar-refractivity contribution in [3.63, 3.8) is 0 Å². The molecular weight excluding hydrogens is 420 g/mol. The number of Topliss-reactive ketones (excluding diaryl/α,β-unsaturated/α-hetero) is 1. The van der Waals surface area contributed by atoms with E-state index in [0.717, 1.165) is 47.6 Å². The van der Waals surface area contributed by atoms with Crippen LogP contribution in [0.3, 0.4) is 0 Å². The molecule has 2 heterocycles. The highest BCUT2D eigenvalue weighted by atomic mass is 32.1. The number of likely N-dealkylation sites (tertiary alicyclic amines) is 1. The Morgan fingerprint density at radius 1 is 1.06 bits per heavy atom. The number of hydrogen-bond acceptors (Lipinski definition) is 6. The fraction of sp³-hybridized carbons (Fsp3) is 0.320. The largest absolute Gasteiger partial charge is 0.374 e. The fourth-order valence-corrected chi connectivity index (χ4v) is 5.20. The summed E-state index contributed by atoms with van der Waals surface area (Å²) in [5.74, 6) is 5.95. The standard InChI is InChI=1S/C25H28N4O2S/c1-17(28-14-12-20(13-15-28)16-19-8-4-3-5-9-19)23(18(2)30)24(31)29(26)25-27-21-10-6-7-11-22(21)32-25/h3-11,20H,12-16,26H2,1-2H3/b23-17+. The number of hydrogen-bond donors (Lipinski definition) is 1. The van der Waals surface area contributed by atoms with Gasteiger partial charge in [0.05, 0.1) is 10.2 Å². The van der Waals surface area contributed by atoms with Crippen molar-refractivity contribution in [2.45, 2.75) is 33.1 Å². The van der Waals surface area contributed by atoms with Crippen molar-refractivity contribution in [1.82, 2.24) is 9.88 Å². The molecule has 166 valence electrons. The number of fused-ring (bicyclic) bond motifs is 1. The molecule has 0 unspecified atom stereocenters. The Balaban J connectivity index is 1.48. The first-order valence-corrected chi connectivity index (χ1v) is 11.7. The van der Waals surface area contributed by atoms with Crippen molar-refractivity contribution in [2.75, 3.05) is 18.1 Å². The highest BCUT2D eigenvalue weighted by Gasteiger charge is 2.29. The van der Waals surface area contributed by atoms with Gasteiger partial charge in [-0.25, -0.2) is 15.8 Å². The molecule has 4 rings (SSSR count). The quantitative estimate of drug-likeness (QED) is 0.152. The summed E-state index contributed by atoms with van der Waals surface area (Å²) in [6, 6.07) is 18.1. The number of carbonyl (C=O) groups excluding carboxylic acids is 2. The first-order valence-electron chi connectivity index (χ1n) is 10.9. The number of allylic oxidation sites excluding steroid dienone is 1. The Kier molecular flexibility index (Phi) is 6.67. The zero-order valence-electron chi connectivity index (χ0n) is 18.5. The Morgan fingerprint density at radius 3 is 2.38 bits per heavy atom. The van der Waals surface area contributed by atoms with Crippen LogP contribution in [0.25, 0.3) is 10.2 Å². The number of nitrogens with two attached hydrogens (primary N) is 1. The van der Waals surface area contributed by atoms with E-state index in [1.165, 1.54) is 23.8 Å². The lowest BCUT2D eigenvalue weighted by molar-refractivity contribution is -0.120. The van der Waals surface area contributed by atoms with Crippen LogP contribution >= 0.6 is 11.3 Å². The van der Waals surface area contributed by atoms with Crippen molar-refractivity contribution < 1.29 is 9.59 Å². The molecule has 1 aliphatic heterocycles. The highest BCUT2D eigenvalue weighted by molar-refractivity contribution is 7.22. The predicted molar refractivity (Wildman–Crippen MR) is 129 cm³/mol. The SMILES string of the molecule is CC(=O)/C(C(=O)N(N)c1nc2ccccc2s1)=C(/C)N1CCC(Cc2ccccc2)CC1. The summed E-state index contributed by atoms with van der Waals surface area (Å²) in [5.41, 5.74) is 2.96. The summed E-state index contributed by atoms with van der Waals surface area (Å²) in [4.78, 5) is 32.3. The zero-order valence-corrected chi connectivity index (χ0v) is 19.3. The minimum Gasteiger partial charge on any atom is -0.374 e. The van der Waals surface area contributed by atoms with Gasteiger partial charge in [-0.3, -0.25) is 9.59 Å². The monoisotopic (exact) mass is 448 g/mol. The number of anilines is 1. The van der Waals surface area contributed by atoms with Gasteiger partial charge >= 0.3 is 0 Å². The van der Waals surface area contributed by atoms with Gasteiger partial charge in [0.25, 0.3) is 5.91 Å².